The van der Waals surface area contributed by atoms with Gasteiger partial charge < -0.3 is 14.8 Å². The summed E-state index contributed by atoms with van der Waals surface area (Å²) in [5.74, 6) is 1.64. The highest BCUT2D eigenvalue weighted by molar-refractivity contribution is 5.65. The average molecular weight is 391 g/mol. The highest BCUT2D eigenvalue weighted by Crippen LogP contribution is 2.34. The Morgan fingerprint density at radius 1 is 1.03 bits per heavy atom. The van der Waals surface area contributed by atoms with E-state index in [0.717, 1.165) is 16.8 Å². The lowest BCUT2D eigenvalue weighted by Gasteiger charge is -2.18. The van der Waals surface area contributed by atoms with Gasteiger partial charge in [0.15, 0.2) is 11.5 Å². The summed E-state index contributed by atoms with van der Waals surface area (Å²) >= 11 is 0. The SMILES string of the molecule is COc1cc(C)c(Nc2nc(=O)n3nccc3n2Cc2ccccc2)cc1OC. The van der Waals surface area contributed by atoms with Gasteiger partial charge in [-0.15, -0.1) is 0 Å². The molecule has 8 heteroatoms. The number of nitrogens with one attached hydrogen (secondary N) is 1. The Morgan fingerprint density at radius 2 is 1.76 bits per heavy atom. The van der Waals surface area contributed by atoms with Gasteiger partial charge in [-0.1, -0.05) is 30.3 Å². The van der Waals surface area contributed by atoms with Crippen molar-refractivity contribution in [2.24, 2.45) is 0 Å². The van der Waals surface area contributed by atoms with Crippen molar-refractivity contribution in [2.45, 2.75) is 13.5 Å². The molecule has 0 radical (unpaired) electrons. The summed E-state index contributed by atoms with van der Waals surface area (Å²) in [6.07, 6.45) is 1.59. The third kappa shape index (κ3) is 3.52. The van der Waals surface area contributed by atoms with E-state index in [-0.39, 0.29) is 0 Å². The Balaban J connectivity index is 1.83. The first kappa shape index (κ1) is 18.5. The van der Waals surface area contributed by atoms with Crippen molar-refractivity contribution in [3.8, 4) is 11.5 Å². The Kier molecular flexibility index (Phi) is 4.90. The van der Waals surface area contributed by atoms with Gasteiger partial charge in [-0.25, -0.2) is 4.79 Å². The number of anilines is 2. The van der Waals surface area contributed by atoms with Crippen molar-refractivity contribution in [1.29, 1.82) is 0 Å². The molecular formula is C21H21N5O3. The molecule has 0 unspecified atom stereocenters. The van der Waals surface area contributed by atoms with Crippen LogP contribution in [0.1, 0.15) is 11.1 Å². The molecule has 8 nitrogen and oxygen atoms in total. The molecule has 0 spiro atoms. The number of hydrogen-bond donors (Lipinski definition) is 1. The van der Waals surface area contributed by atoms with Gasteiger partial charge in [-0.05, 0) is 24.1 Å². The van der Waals surface area contributed by atoms with Gasteiger partial charge in [0.25, 0.3) is 0 Å². The van der Waals surface area contributed by atoms with Crippen LogP contribution in [0.5, 0.6) is 11.5 Å². The summed E-state index contributed by atoms with van der Waals surface area (Å²) in [6, 6.07) is 15.5. The molecule has 2 aromatic heterocycles. The number of rotatable bonds is 6. The molecule has 0 aliphatic rings. The van der Waals surface area contributed by atoms with Gasteiger partial charge in [0.05, 0.1) is 27.0 Å². The minimum atomic E-state index is -0.449. The van der Waals surface area contributed by atoms with E-state index in [1.165, 1.54) is 4.52 Å². The van der Waals surface area contributed by atoms with E-state index < -0.39 is 5.69 Å². The van der Waals surface area contributed by atoms with Crippen LogP contribution in [-0.2, 0) is 6.54 Å². The largest absolute Gasteiger partial charge is 0.493 e. The molecule has 2 heterocycles. The molecule has 0 amide bonds. The molecule has 0 atom stereocenters. The van der Waals surface area contributed by atoms with Crippen molar-refractivity contribution in [1.82, 2.24) is 19.2 Å². The Bertz CT molecular complexity index is 1210. The number of nitrogens with zero attached hydrogens (tertiary/aromatic N) is 4. The summed E-state index contributed by atoms with van der Waals surface area (Å²) in [4.78, 5) is 16.7. The van der Waals surface area contributed by atoms with E-state index >= 15 is 0 Å². The van der Waals surface area contributed by atoms with Gasteiger partial charge >= 0.3 is 5.69 Å². The van der Waals surface area contributed by atoms with E-state index in [1.807, 2.05) is 54.0 Å². The van der Waals surface area contributed by atoms with Crippen LogP contribution in [0, 0.1) is 6.92 Å². The zero-order valence-electron chi connectivity index (χ0n) is 16.4. The third-order valence-electron chi connectivity index (χ3n) is 4.70. The van der Waals surface area contributed by atoms with Crippen LogP contribution in [0.2, 0.25) is 0 Å². The fraction of sp³-hybridized carbons (Fsp3) is 0.190. The van der Waals surface area contributed by atoms with Crippen molar-refractivity contribution in [3.05, 3.63) is 76.3 Å². The molecule has 2 aromatic carbocycles. The average Bonchev–Trinajstić information content (AvgIpc) is 3.23. The molecule has 4 aromatic rings. The van der Waals surface area contributed by atoms with E-state index in [9.17, 15) is 4.79 Å². The zero-order valence-corrected chi connectivity index (χ0v) is 16.4. The third-order valence-corrected chi connectivity index (χ3v) is 4.70. The van der Waals surface area contributed by atoms with Crippen LogP contribution in [0.4, 0.5) is 11.6 Å². The normalized spacial score (nSPS) is 10.9. The molecule has 0 saturated heterocycles. The second-order valence-corrected chi connectivity index (χ2v) is 6.54. The van der Waals surface area contributed by atoms with E-state index in [1.54, 1.807) is 26.5 Å². The second-order valence-electron chi connectivity index (χ2n) is 6.54. The fourth-order valence-corrected chi connectivity index (χ4v) is 3.21. The molecular weight excluding hydrogens is 370 g/mol. The number of hydrogen-bond acceptors (Lipinski definition) is 6. The standard InChI is InChI=1S/C21H21N5O3/c1-14-11-17(28-2)18(29-3)12-16(14)23-20-24-21(27)26-19(9-10-22-26)25(20)13-15-7-5-4-6-8-15/h4-12H,13H2,1-3H3,(H,23,24,27). The number of methoxy groups -OCH3 is 2. The van der Waals surface area contributed by atoms with Crippen LogP contribution in [0.25, 0.3) is 5.65 Å². The first-order valence-corrected chi connectivity index (χ1v) is 9.09. The summed E-state index contributed by atoms with van der Waals surface area (Å²) in [7, 11) is 3.18. The molecule has 0 aliphatic carbocycles. The van der Waals surface area contributed by atoms with Gasteiger partial charge in [-0.2, -0.15) is 14.6 Å². The molecule has 0 aliphatic heterocycles. The first-order valence-electron chi connectivity index (χ1n) is 9.09. The van der Waals surface area contributed by atoms with Crippen molar-refractivity contribution >= 4 is 17.3 Å². The summed E-state index contributed by atoms with van der Waals surface area (Å²) in [5, 5.41) is 7.38. The highest BCUT2D eigenvalue weighted by Gasteiger charge is 2.15. The lowest BCUT2D eigenvalue weighted by molar-refractivity contribution is 0.355. The number of aromatic nitrogens is 4. The molecule has 1 N–H and O–H groups in total. The summed E-state index contributed by atoms with van der Waals surface area (Å²) < 4.78 is 14.0. The minimum Gasteiger partial charge on any atom is -0.493 e. The quantitative estimate of drug-likeness (QED) is 0.544. The van der Waals surface area contributed by atoms with Gasteiger partial charge in [0.2, 0.25) is 5.95 Å². The maximum atomic E-state index is 12.5. The summed E-state index contributed by atoms with van der Waals surface area (Å²) in [5.41, 5.74) is 2.97. The molecule has 29 heavy (non-hydrogen) atoms. The predicted molar refractivity (Wildman–Crippen MR) is 110 cm³/mol. The Morgan fingerprint density at radius 3 is 2.48 bits per heavy atom. The smallest absolute Gasteiger partial charge is 0.373 e. The van der Waals surface area contributed by atoms with E-state index in [0.29, 0.717) is 29.6 Å². The molecule has 0 saturated carbocycles. The van der Waals surface area contributed by atoms with Crippen molar-refractivity contribution in [3.63, 3.8) is 0 Å². The fourth-order valence-electron chi connectivity index (χ4n) is 3.21. The van der Waals surface area contributed by atoms with Crippen LogP contribution in [0.15, 0.2) is 59.5 Å². The van der Waals surface area contributed by atoms with Crippen molar-refractivity contribution in [2.75, 3.05) is 19.5 Å². The second kappa shape index (κ2) is 7.67. The molecule has 0 fully saturated rings. The monoisotopic (exact) mass is 391 g/mol. The summed E-state index contributed by atoms with van der Waals surface area (Å²) in [6.45, 7) is 2.47. The predicted octanol–water partition coefficient (Wildman–Crippen LogP) is 3.01. The number of fused-ring (bicyclic) bond motifs is 1. The molecule has 4 rings (SSSR count). The lowest BCUT2D eigenvalue weighted by Crippen LogP contribution is -2.25. The van der Waals surface area contributed by atoms with Crippen molar-refractivity contribution < 1.29 is 9.47 Å². The van der Waals surface area contributed by atoms with E-state index in [4.69, 9.17) is 9.47 Å². The maximum absolute atomic E-state index is 12.5. The topological polar surface area (TPSA) is 82.7 Å². The number of aryl methyl sites for hydroxylation is 1. The molecule has 0 bridgehead atoms. The Hall–Kier alpha value is -3.81. The zero-order chi connectivity index (χ0) is 20.4. The van der Waals surface area contributed by atoms with Gasteiger partial charge in [0.1, 0.15) is 5.65 Å². The minimum absolute atomic E-state index is 0.419. The van der Waals surface area contributed by atoms with Crippen LogP contribution >= 0.6 is 0 Å². The van der Waals surface area contributed by atoms with Gasteiger partial charge in [0, 0.05) is 17.8 Å². The number of ether oxygens (including phenoxy) is 2. The van der Waals surface area contributed by atoms with Crippen LogP contribution in [0.3, 0.4) is 0 Å². The maximum Gasteiger partial charge on any atom is 0.373 e. The van der Waals surface area contributed by atoms with E-state index in [2.05, 4.69) is 15.4 Å². The first-order chi connectivity index (χ1) is 14.1. The number of benzene rings is 2. The van der Waals surface area contributed by atoms with Crippen LogP contribution < -0.4 is 20.5 Å². The molecule has 148 valence electrons. The lowest BCUT2D eigenvalue weighted by atomic mass is 10.1. The highest BCUT2D eigenvalue weighted by atomic mass is 16.5. The Labute approximate surface area is 167 Å². The van der Waals surface area contributed by atoms with Gasteiger partial charge in [-0.3, -0.25) is 4.57 Å². The van der Waals surface area contributed by atoms with Crippen LogP contribution in [-0.4, -0.2) is 33.4 Å².